The number of likely N-dealkylation sites (tertiary alicyclic amines) is 1. The van der Waals surface area contributed by atoms with Crippen LogP contribution in [0.25, 0.3) is 0 Å². The van der Waals surface area contributed by atoms with Gasteiger partial charge in [-0.2, -0.15) is 0 Å². The van der Waals surface area contributed by atoms with Gasteiger partial charge in [0.15, 0.2) is 0 Å². The minimum atomic E-state index is -0.117. The highest BCUT2D eigenvalue weighted by atomic mass is 16.3. The summed E-state index contributed by atoms with van der Waals surface area (Å²) in [5.41, 5.74) is 0. The highest BCUT2D eigenvalue weighted by Crippen LogP contribution is 2.27. The summed E-state index contributed by atoms with van der Waals surface area (Å²) in [5.74, 6) is 0.768. The summed E-state index contributed by atoms with van der Waals surface area (Å²) in [6.45, 7) is 4.05. The Morgan fingerprint density at radius 1 is 1.35 bits per heavy atom. The number of hydrogen-bond acceptors (Lipinski definition) is 3. The van der Waals surface area contributed by atoms with E-state index in [2.05, 4.69) is 4.90 Å². The van der Waals surface area contributed by atoms with Gasteiger partial charge in [0.1, 0.15) is 0 Å². The maximum Gasteiger partial charge on any atom is 0.223 e. The molecule has 1 aliphatic carbocycles. The van der Waals surface area contributed by atoms with Crippen LogP contribution in [0, 0.1) is 5.92 Å². The molecule has 0 aromatic carbocycles. The molecule has 0 bridgehead atoms. The highest BCUT2D eigenvalue weighted by Gasteiger charge is 2.29. The number of hydrogen-bond donors (Lipinski definition) is 1. The van der Waals surface area contributed by atoms with Crippen LogP contribution in [0.5, 0.6) is 0 Å². The predicted octanol–water partition coefficient (Wildman–Crippen LogP) is 0.702. The Labute approximate surface area is 104 Å². The van der Waals surface area contributed by atoms with Crippen LogP contribution in [-0.2, 0) is 4.79 Å². The van der Waals surface area contributed by atoms with E-state index in [-0.39, 0.29) is 12.0 Å². The van der Waals surface area contributed by atoms with Gasteiger partial charge in [-0.05, 0) is 44.7 Å². The van der Waals surface area contributed by atoms with Gasteiger partial charge in [0.2, 0.25) is 5.91 Å². The van der Waals surface area contributed by atoms with Gasteiger partial charge in [-0.15, -0.1) is 0 Å². The van der Waals surface area contributed by atoms with E-state index in [1.165, 1.54) is 12.8 Å². The first-order valence-corrected chi connectivity index (χ1v) is 6.79. The summed E-state index contributed by atoms with van der Waals surface area (Å²) in [6, 6.07) is 0. The number of rotatable bonds is 5. The molecule has 0 aromatic rings. The van der Waals surface area contributed by atoms with Crippen LogP contribution in [0.2, 0.25) is 0 Å². The quantitative estimate of drug-likeness (QED) is 0.769. The fourth-order valence-electron chi connectivity index (χ4n) is 2.79. The van der Waals surface area contributed by atoms with Gasteiger partial charge in [0.05, 0.1) is 6.10 Å². The van der Waals surface area contributed by atoms with Crippen molar-refractivity contribution >= 4 is 5.91 Å². The standard InChI is InChI=1S/C13H24N2O2/c1-14(10-11-8-12(16)9-11)13(17)4-7-15-5-2-3-6-15/h11-12,16H,2-10H2,1H3. The number of aliphatic hydroxyl groups is 1. The van der Waals surface area contributed by atoms with Crippen LogP contribution in [0.15, 0.2) is 0 Å². The van der Waals surface area contributed by atoms with Gasteiger partial charge in [-0.1, -0.05) is 0 Å². The molecule has 4 heteroatoms. The Hall–Kier alpha value is -0.610. The van der Waals surface area contributed by atoms with Crippen molar-refractivity contribution in [2.24, 2.45) is 5.92 Å². The van der Waals surface area contributed by atoms with E-state index in [1.807, 2.05) is 11.9 Å². The van der Waals surface area contributed by atoms with Crippen LogP contribution in [0.1, 0.15) is 32.1 Å². The lowest BCUT2D eigenvalue weighted by molar-refractivity contribution is -0.131. The average Bonchev–Trinajstić information content (AvgIpc) is 2.76. The Morgan fingerprint density at radius 2 is 2.00 bits per heavy atom. The zero-order valence-electron chi connectivity index (χ0n) is 10.8. The van der Waals surface area contributed by atoms with Crippen LogP contribution in [0.4, 0.5) is 0 Å². The summed E-state index contributed by atoms with van der Waals surface area (Å²) < 4.78 is 0. The summed E-state index contributed by atoms with van der Waals surface area (Å²) >= 11 is 0. The van der Waals surface area contributed by atoms with Gasteiger partial charge >= 0.3 is 0 Å². The van der Waals surface area contributed by atoms with Crippen molar-refractivity contribution in [2.45, 2.75) is 38.2 Å². The topological polar surface area (TPSA) is 43.8 Å². The predicted molar refractivity (Wildman–Crippen MR) is 66.7 cm³/mol. The number of amides is 1. The third kappa shape index (κ3) is 3.68. The van der Waals surface area contributed by atoms with Gasteiger partial charge in [-0.25, -0.2) is 0 Å². The third-order valence-electron chi connectivity index (χ3n) is 4.01. The lowest BCUT2D eigenvalue weighted by atomic mass is 9.82. The van der Waals surface area contributed by atoms with Crippen molar-refractivity contribution in [3.05, 3.63) is 0 Å². The molecule has 1 amide bonds. The zero-order chi connectivity index (χ0) is 12.3. The fourth-order valence-corrected chi connectivity index (χ4v) is 2.79. The van der Waals surface area contributed by atoms with E-state index < -0.39 is 0 Å². The molecule has 1 saturated carbocycles. The Bertz CT molecular complexity index is 258. The van der Waals surface area contributed by atoms with Crippen molar-refractivity contribution in [1.82, 2.24) is 9.80 Å². The zero-order valence-corrected chi connectivity index (χ0v) is 10.8. The van der Waals surface area contributed by atoms with E-state index in [1.54, 1.807) is 0 Å². The first-order chi connectivity index (χ1) is 8.15. The van der Waals surface area contributed by atoms with Crippen molar-refractivity contribution < 1.29 is 9.90 Å². The Kier molecular flexibility index (Phi) is 4.40. The monoisotopic (exact) mass is 240 g/mol. The van der Waals surface area contributed by atoms with Gasteiger partial charge in [-0.3, -0.25) is 4.79 Å². The second-order valence-electron chi connectivity index (χ2n) is 5.56. The lowest BCUT2D eigenvalue weighted by Gasteiger charge is -2.34. The highest BCUT2D eigenvalue weighted by molar-refractivity contribution is 5.76. The maximum atomic E-state index is 11.9. The van der Waals surface area contributed by atoms with E-state index in [9.17, 15) is 9.90 Å². The molecule has 0 aromatic heterocycles. The van der Waals surface area contributed by atoms with Crippen LogP contribution >= 0.6 is 0 Å². The summed E-state index contributed by atoms with van der Waals surface area (Å²) in [6.07, 6.45) is 4.82. The Balaban J connectivity index is 1.61. The van der Waals surface area contributed by atoms with Crippen molar-refractivity contribution in [3.8, 4) is 0 Å². The molecule has 0 unspecified atom stereocenters. The second kappa shape index (κ2) is 5.83. The molecular formula is C13H24N2O2. The number of carbonyl (C=O) groups excluding carboxylic acids is 1. The average molecular weight is 240 g/mol. The number of nitrogens with zero attached hydrogens (tertiary/aromatic N) is 2. The van der Waals surface area contributed by atoms with Crippen molar-refractivity contribution in [2.75, 3.05) is 33.2 Å². The summed E-state index contributed by atoms with van der Waals surface area (Å²) in [5, 5.41) is 9.21. The number of carbonyl (C=O) groups is 1. The van der Waals surface area contributed by atoms with E-state index in [0.717, 1.165) is 39.0 Å². The molecule has 1 N–H and O–H groups in total. The van der Waals surface area contributed by atoms with Gasteiger partial charge in [0, 0.05) is 26.6 Å². The lowest BCUT2D eigenvalue weighted by Crippen LogP contribution is -2.40. The van der Waals surface area contributed by atoms with Crippen molar-refractivity contribution in [1.29, 1.82) is 0 Å². The Morgan fingerprint density at radius 3 is 2.59 bits per heavy atom. The van der Waals surface area contributed by atoms with Crippen molar-refractivity contribution in [3.63, 3.8) is 0 Å². The normalized spacial score (nSPS) is 29.1. The molecule has 0 spiro atoms. The first-order valence-electron chi connectivity index (χ1n) is 6.79. The third-order valence-corrected chi connectivity index (χ3v) is 4.01. The largest absolute Gasteiger partial charge is 0.393 e. The minimum absolute atomic E-state index is 0.117. The SMILES string of the molecule is CN(CC1CC(O)C1)C(=O)CCN1CCCC1. The smallest absolute Gasteiger partial charge is 0.223 e. The van der Waals surface area contributed by atoms with Crippen LogP contribution in [-0.4, -0.2) is 60.1 Å². The van der Waals surface area contributed by atoms with E-state index in [4.69, 9.17) is 0 Å². The fraction of sp³-hybridized carbons (Fsp3) is 0.923. The molecule has 0 radical (unpaired) electrons. The molecule has 4 nitrogen and oxygen atoms in total. The van der Waals surface area contributed by atoms with E-state index >= 15 is 0 Å². The van der Waals surface area contributed by atoms with Crippen LogP contribution < -0.4 is 0 Å². The molecule has 2 aliphatic rings. The van der Waals surface area contributed by atoms with Gasteiger partial charge in [0.25, 0.3) is 0 Å². The minimum Gasteiger partial charge on any atom is -0.393 e. The molecule has 98 valence electrons. The first kappa shape index (κ1) is 12.8. The molecule has 17 heavy (non-hydrogen) atoms. The summed E-state index contributed by atoms with van der Waals surface area (Å²) in [4.78, 5) is 16.1. The summed E-state index contributed by atoms with van der Waals surface area (Å²) in [7, 11) is 1.89. The molecule has 1 saturated heterocycles. The molecule has 0 atom stereocenters. The number of aliphatic hydroxyl groups excluding tert-OH is 1. The molecular weight excluding hydrogens is 216 g/mol. The molecule has 2 rings (SSSR count). The molecule has 2 fully saturated rings. The molecule has 1 heterocycles. The van der Waals surface area contributed by atoms with Gasteiger partial charge < -0.3 is 14.9 Å². The maximum absolute atomic E-state index is 11.9. The van der Waals surface area contributed by atoms with E-state index in [0.29, 0.717) is 12.3 Å². The second-order valence-corrected chi connectivity index (χ2v) is 5.56. The van der Waals surface area contributed by atoms with Crippen LogP contribution in [0.3, 0.4) is 0 Å². The molecule has 1 aliphatic heterocycles.